The molecule has 22 N–H and O–H groups in total. The van der Waals surface area contributed by atoms with E-state index in [0.717, 1.165) is 23.5 Å². The van der Waals surface area contributed by atoms with Crippen molar-refractivity contribution < 1.29 is 202 Å². The van der Waals surface area contributed by atoms with Crippen molar-refractivity contribution >= 4 is 47.0 Å². The summed E-state index contributed by atoms with van der Waals surface area (Å²) in [6, 6.07) is -1.18. The maximum atomic E-state index is 13.0. The Morgan fingerprint density at radius 1 is 0.350 bits per heavy atom. The average molecular weight is 1540 g/mol. The van der Waals surface area contributed by atoms with Gasteiger partial charge in [0.1, 0.15) is 176 Å². The zero-order chi connectivity index (χ0) is 75.4. The van der Waals surface area contributed by atoms with E-state index in [0.29, 0.717) is 0 Å². The lowest BCUT2D eigenvalue weighted by Crippen LogP contribution is -2.68. The first-order valence-electron chi connectivity index (χ1n) is 33.2. The van der Waals surface area contributed by atoms with E-state index in [4.69, 9.17) is 75.8 Å². The summed E-state index contributed by atoms with van der Waals surface area (Å²) in [6.07, 6.45) is -73.1. The summed E-state index contributed by atoms with van der Waals surface area (Å²) in [7, 11) is 1.35. The molecule has 0 aliphatic carbocycles. The van der Waals surface area contributed by atoms with Gasteiger partial charge in [-0.1, -0.05) is 0 Å². The van der Waals surface area contributed by atoms with Crippen molar-refractivity contribution in [2.75, 3.05) is 89.5 Å². The molecule has 21 heterocycles. The van der Waals surface area contributed by atoms with Crippen molar-refractivity contribution in [3.63, 3.8) is 0 Å². The van der Waals surface area contributed by atoms with Crippen LogP contribution in [0.4, 0.5) is 0 Å². The molecule has 0 spiro atoms. The normalized spacial score (nSPS) is 44.9. The summed E-state index contributed by atoms with van der Waals surface area (Å²) in [6.45, 7) is -3.91. The lowest BCUT2D eigenvalue weighted by molar-refractivity contribution is -0.395. The zero-order valence-corrected chi connectivity index (χ0v) is 57.2. The number of thioether (sulfide) groups is 2. The number of hydrogen-bond donors (Lipinski definition) is 22. The van der Waals surface area contributed by atoms with E-state index in [1.807, 2.05) is 0 Å². The van der Waals surface area contributed by atoms with Crippen molar-refractivity contribution in [1.82, 2.24) is 5.32 Å². The fraction of sp³-hybridized carbons (Fsp3) is 0.932. The summed E-state index contributed by atoms with van der Waals surface area (Å²) in [4.78, 5) is 48.7. The molecule has 596 valence electrons. The molecule has 15 unspecified atom stereocenters. The van der Waals surface area contributed by atoms with Crippen molar-refractivity contribution in [2.45, 2.75) is 247 Å². The summed E-state index contributed by atoms with van der Waals surface area (Å²) in [5.74, 6) is -6.08. The molecule has 21 saturated heterocycles. The Labute approximate surface area is 595 Å². The Morgan fingerprint density at radius 2 is 0.602 bits per heavy atom. The smallest absolute Gasteiger partial charge is 0.321 e. The van der Waals surface area contributed by atoms with E-state index in [1.165, 1.54) is 14.0 Å². The second-order valence-electron chi connectivity index (χ2n) is 25.7. The molecule has 21 aliphatic rings. The molecule has 21 aliphatic heterocycles. The SMILES string of the molecule is CN[C@H](CSCC1O[C@H]2O[C@@H]3C(CO)O[C@H](O[C@@H]4C(CO)O[C@H](O[C@@H]5C(CO)O[C@@H](O[C@@H]6C(CSCC(CC(=O)CCOCCOCCC(C)=O)C(=O)O)O[C@H](O[C@@H]7C(CO)O[C@@H](O[C@@H]8C(CO)O[C@@H](O[C@H]1[C@H](O)C2O)C(O)[C@H]8O)C(O)[C@H]7O)C(O)[C@H]6O)C(O)[C@H]5O)C(O)[C@H]4O)C(O)[C@H]3O)C(=O)O. The van der Waals surface area contributed by atoms with E-state index in [2.05, 4.69) is 5.32 Å². The van der Waals surface area contributed by atoms with Crippen LogP contribution in [0.1, 0.15) is 26.2 Å². The van der Waals surface area contributed by atoms with Crippen LogP contribution in [0.25, 0.3) is 0 Å². The largest absolute Gasteiger partial charge is 0.481 e. The van der Waals surface area contributed by atoms with Crippen LogP contribution in [0.2, 0.25) is 0 Å². The first-order chi connectivity index (χ1) is 49.0. The number of aliphatic hydroxyl groups is 19. The van der Waals surface area contributed by atoms with Crippen LogP contribution in [0.3, 0.4) is 0 Å². The third-order valence-corrected chi connectivity index (χ3v) is 20.9. The first kappa shape index (κ1) is 86.1. The van der Waals surface area contributed by atoms with Gasteiger partial charge < -0.3 is 188 Å². The molecule has 14 bridgehead atoms. The number of aliphatic carboxylic acids is 2. The van der Waals surface area contributed by atoms with E-state index < -0.39 is 290 Å². The number of carboxylic acids is 2. The second kappa shape index (κ2) is 40.0. The van der Waals surface area contributed by atoms with Crippen molar-refractivity contribution in [3.05, 3.63) is 0 Å². The molecule has 21 rings (SSSR count). The highest BCUT2D eigenvalue weighted by Gasteiger charge is 2.60. The predicted molar refractivity (Wildman–Crippen MR) is 332 cm³/mol. The summed E-state index contributed by atoms with van der Waals surface area (Å²) in [5, 5.41) is 239. The van der Waals surface area contributed by atoms with Crippen LogP contribution in [0.15, 0.2) is 0 Å². The van der Waals surface area contributed by atoms with Crippen molar-refractivity contribution in [2.24, 2.45) is 5.92 Å². The van der Waals surface area contributed by atoms with Gasteiger partial charge >= 0.3 is 11.9 Å². The van der Waals surface area contributed by atoms with Crippen LogP contribution in [-0.4, -0.2) is 441 Å². The maximum absolute atomic E-state index is 13.0. The molecule has 0 aromatic rings. The number of hydrogen-bond acceptors (Lipinski definition) is 42. The van der Waals surface area contributed by atoms with E-state index in [1.54, 1.807) is 0 Å². The highest BCUT2D eigenvalue weighted by Crippen LogP contribution is 2.40. The minimum absolute atomic E-state index is 0.0645. The lowest BCUT2D eigenvalue weighted by atomic mass is 9.95. The number of Topliss-reactive ketones (excluding diaryl/α,β-unsaturated/α-hetero) is 2. The van der Waals surface area contributed by atoms with Gasteiger partial charge in [-0.05, 0) is 14.0 Å². The number of carboxylic acid groups (broad SMARTS) is 2. The maximum Gasteiger partial charge on any atom is 0.321 e. The standard InChI is InChI=1S/C59H97NO41S2/c1-19(66)3-5-86-7-8-87-6-4-21(67)9-20(51(82)83)15-102-17-28-49-35(73)42(80)58(93-28)98-47-26(13-64)89-55(38(76)31(47)69)97-46-25(12-63)92-57(41(79)34(46)72)101-50-29(18-103-16-22(60-2)52(84)85)94-59(43(81)36(50)74)99-48-27(14-65)90-54(39(77)32(48)70)95-44-23(10-61)88-53(37(75)30(44)68)96-45-24(11-62)91-56(100-49)40(78)33(45)71/h20,22-50,53-65,68-81H,3-18H2,1-2H3,(H,82,83)(H,84,85)/t20?,22-,23?,24?,25?,26?,27?,28?,29?,30-,31-,32-,33-,34-,35-,36-,37?,38?,39?,40?,41?,42?,43?,44-,45-,46-,47-,48-,49-,50-,53-,54-,55+,56+,57+,58-,59+/m1/s1. The van der Waals surface area contributed by atoms with Gasteiger partial charge in [-0.2, -0.15) is 23.5 Å². The monoisotopic (exact) mass is 1540 g/mol. The molecule has 103 heavy (non-hydrogen) atoms. The number of nitrogens with one attached hydrogen (secondary N) is 1. The molecule has 21 fully saturated rings. The topological polar surface area (TPSA) is 653 Å². The number of carbonyl (C=O) groups excluding carboxylic acids is 2. The number of ketones is 2. The predicted octanol–water partition coefficient (Wildman–Crippen LogP) is -13.0. The molecular weight excluding hydrogens is 1440 g/mol. The Kier molecular flexibility index (Phi) is 33.4. The van der Waals surface area contributed by atoms with Crippen LogP contribution < -0.4 is 5.32 Å². The molecule has 0 aromatic heterocycles. The van der Waals surface area contributed by atoms with Gasteiger partial charge in [-0.25, -0.2) is 0 Å². The lowest BCUT2D eigenvalue weighted by Gasteiger charge is -2.50. The van der Waals surface area contributed by atoms with E-state index in [9.17, 15) is 126 Å². The Hall–Kier alpha value is -2.46. The molecule has 0 amide bonds. The minimum Gasteiger partial charge on any atom is -0.481 e. The zero-order valence-electron chi connectivity index (χ0n) is 55.5. The van der Waals surface area contributed by atoms with Crippen molar-refractivity contribution in [1.29, 1.82) is 0 Å². The second-order valence-corrected chi connectivity index (χ2v) is 27.9. The van der Waals surface area contributed by atoms with Crippen LogP contribution in [-0.2, 0) is 95.0 Å². The van der Waals surface area contributed by atoms with Crippen LogP contribution in [0, 0.1) is 5.92 Å². The quantitative estimate of drug-likeness (QED) is 0.0340. The Bertz CT molecular complexity index is 2610. The summed E-state index contributed by atoms with van der Waals surface area (Å²) in [5.41, 5.74) is 0. The molecule has 0 saturated carbocycles. The molecule has 0 aromatic carbocycles. The molecular formula is C59H97NO41S2. The fourth-order valence-electron chi connectivity index (χ4n) is 12.6. The van der Waals surface area contributed by atoms with E-state index >= 15 is 0 Å². The minimum atomic E-state index is -2.31. The molecule has 44 heteroatoms. The number of likely N-dealkylation sites (N-methyl/N-ethyl adjacent to an activating group) is 1. The first-order valence-corrected chi connectivity index (χ1v) is 35.5. The third-order valence-electron chi connectivity index (χ3n) is 18.6. The highest BCUT2D eigenvalue weighted by molar-refractivity contribution is 7.99. The fourth-order valence-corrected chi connectivity index (χ4v) is 15.0. The van der Waals surface area contributed by atoms with Gasteiger partial charge in [-0.15, -0.1) is 0 Å². The third kappa shape index (κ3) is 21.0. The van der Waals surface area contributed by atoms with Gasteiger partial charge in [0, 0.05) is 42.3 Å². The Balaban J connectivity index is 1.08. The van der Waals surface area contributed by atoms with Gasteiger partial charge in [0.05, 0.1) is 77.6 Å². The summed E-state index contributed by atoms with van der Waals surface area (Å²) >= 11 is 1.66. The van der Waals surface area contributed by atoms with Crippen molar-refractivity contribution in [3.8, 4) is 0 Å². The highest BCUT2D eigenvalue weighted by atomic mass is 32.2. The number of rotatable bonds is 27. The summed E-state index contributed by atoms with van der Waals surface area (Å²) < 4.78 is 93.3. The van der Waals surface area contributed by atoms with Crippen LogP contribution >= 0.6 is 23.5 Å². The van der Waals surface area contributed by atoms with Gasteiger partial charge in [0.15, 0.2) is 44.0 Å². The number of ether oxygens (including phenoxy) is 16. The van der Waals surface area contributed by atoms with Gasteiger partial charge in [0.2, 0.25) is 0 Å². The molecule has 37 atom stereocenters. The van der Waals surface area contributed by atoms with Crippen LogP contribution in [0.5, 0.6) is 0 Å². The molecule has 0 radical (unpaired) electrons. The Morgan fingerprint density at radius 3 is 0.845 bits per heavy atom. The molecule has 42 nitrogen and oxygen atoms in total. The van der Waals surface area contributed by atoms with E-state index in [-0.39, 0.29) is 62.3 Å². The number of aliphatic hydroxyl groups excluding tert-OH is 19. The van der Waals surface area contributed by atoms with Gasteiger partial charge in [-0.3, -0.25) is 19.2 Å². The average Bonchev–Trinajstić information content (AvgIpc) is 0.785. The number of carbonyl (C=O) groups is 4. The van der Waals surface area contributed by atoms with Gasteiger partial charge in [0.25, 0.3) is 0 Å².